The second kappa shape index (κ2) is 9.30. The van der Waals surface area contributed by atoms with Crippen molar-refractivity contribution in [1.82, 2.24) is 29.8 Å². The zero-order valence-corrected chi connectivity index (χ0v) is 18.5. The number of benzene rings is 2. The maximum Gasteiger partial charge on any atom is 0.330 e. The molecule has 0 atom stereocenters. The molecule has 0 saturated heterocycles. The van der Waals surface area contributed by atoms with Gasteiger partial charge in [0, 0.05) is 12.1 Å². The van der Waals surface area contributed by atoms with E-state index in [4.69, 9.17) is 0 Å². The Hall–Kier alpha value is -3.55. The van der Waals surface area contributed by atoms with Gasteiger partial charge in [-0.2, -0.15) is 4.39 Å². The summed E-state index contributed by atoms with van der Waals surface area (Å²) in [4.78, 5) is 12.8. The minimum absolute atomic E-state index is 0.295. The van der Waals surface area contributed by atoms with E-state index < -0.39 is 5.95 Å². The summed E-state index contributed by atoms with van der Waals surface area (Å²) in [6.07, 6.45) is 1.37. The first-order chi connectivity index (χ1) is 15.5. The molecule has 1 N–H and O–H groups in total. The van der Waals surface area contributed by atoms with Crippen LogP contribution in [-0.4, -0.2) is 29.8 Å². The predicted molar refractivity (Wildman–Crippen MR) is 122 cm³/mol. The summed E-state index contributed by atoms with van der Waals surface area (Å²) in [5, 5.41) is 14.2. The molecule has 4 rings (SSSR count). The molecule has 0 amide bonds. The van der Waals surface area contributed by atoms with Gasteiger partial charge in [-0.05, 0) is 52.8 Å². The van der Waals surface area contributed by atoms with E-state index in [1.165, 1.54) is 4.57 Å². The van der Waals surface area contributed by atoms with Gasteiger partial charge in [-0.25, -0.2) is 9.89 Å². The molecule has 2 aromatic carbocycles. The number of rotatable bonds is 8. The topological polar surface area (TPSA) is 81.4 Å². The maximum atomic E-state index is 14.9. The third-order valence-corrected chi connectivity index (χ3v) is 5.67. The minimum atomic E-state index is -0.413. The van der Waals surface area contributed by atoms with Crippen molar-refractivity contribution >= 4 is 0 Å². The molecule has 0 fully saturated rings. The van der Waals surface area contributed by atoms with Crippen LogP contribution >= 0.6 is 0 Å². The van der Waals surface area contributed by atoms with E-state index in [-0.39, 0.29) is 5.69 Å². The highest BCUT2D eigenvalue weighted by atomic mass is 19.1. The van der Waals surface area contributed by atoms with Crippen molar-refractivity contribution in [1.29, 1.82) is 0 Å². The van der Waals surface area contributed by atoms with Crippen molar-refractivity contribution in [2.45, 2.75) is 46.7 Å². The molecule has 4 aromatic rings. The van der Waals surface area contributed by atoms with Crippen LogP contribution in [0, 0.1) is 11.9 Å². The highest BCUT2D eigenvalue weighted by Gasteiger charge is 2.19. The van der Waals surface area contributed by atoms with Crippen LogP contribution in [0.1, 0.15) is 38.4 Å². The molecule has 0 aliphatic heterocycles. The second-order valence-corrected chi connectivity index (χ2v) is 8.28. The third kappa shape index (κ3) is 4.26. The number of hydrogen-bond acceptors (Lipinski definition) is 4. The van der Waals surface area contributed by atoms with Crippen molar-refractivity contribution in [3.8, 4) is 22.5 Å². The van der Waals surface area contributed by atoms with Crippen LogP contribution in [0.2, 0.25) is 0 Å². The third-order valence-electron chi connectivity index (χ3n) is 5.67. The van der Waals surface area contributed by atoms with Gasteiger partial charge in [0.05, 0.1) is 12.2 Å². The largest absolute Gasteiger partial charge is 0.330 e. The number of hydrogen-bond donors (Lipinski definition) is 1. The Kier molecular flexibility index (Phi) is 6.30. The van der Waals surface area contributed by atoms with Crippen LogP contribution in [0.4, 0.5) is 4.39 Å². The number of aromatic nitrogens is 6. The van der Waals surface area contributed by atoms with E-state index >= 15 is 0 Å². The molecule has 8 heteroatoms. The maximum absolute atomic E-state index is 14.9. The number of tetrazole rings is 1. The Balaban J connectivity index is 1.64. The molecule has 2 heterocycles. The quantitative estimate of drug-likeness (QED) is 0.448. The van der Waals surface area contributed by atoms with E-state index in [1.807, 2.05) is 48.5 Å². The summed E-state index contributed by atoms with van der Waals surface area (Å²) in [5.74, 6) is 0.619. The number of nitrogens with zero attached hydrogens (tertiary/aromatic N) is 5. The van der Waals surface area contributed by atoms with Gasteiger partial charge in [-0.3, -0.25) is 9.13 Å². The number of nitrogens with one attached hydrogen (secondary N) is 1. The molecule has 0 bridgehead atoms. The fourth-order valence-corrected chi connectivity index (χ4v) is 3.90. The molecule has 0 radical (unpaired) electrons. The normalized spacial score (nSPS) is 11.4. The molecule has 0 aliphatic rings. The zero-order valence-electron chi connectivity index (χ0n) is 18.5. The second-order valence-electron chi connectivity index (χ2n) is 8.28. The summed E-state index contributed by atoms with van der Waals surface area (Å²) in [6, 6.07) is 15.8. The first kappa shape index (κ1) is 21.7. The van der Waals surface area contributed by atoms with Gasteiger partial charge in [0.25, 0.3) is 0 Å². The Morgan fingerprint density at radius 1 is 1.03 bits per heavy atom. The summed E-state index contributed by atoms with van der Waals surface area (Å²) >= 11 is 0. The number of H-pyrrole nitrogens is 1. The molecule has 166 valence electrons. The average Bonchev–Trinajstić information content (AvgIpc) is 3.40. The Labute approximate surface area is 185 Å². The van der Waals surface area contributed by atoms with E-state index in [0.717, 1.165) is 28.7 Å². The molecule has 7 nitrogen and oxygen atoms in total. The van der Waals surface area contributed by atoms with Gasteiger partial charge in [-0.1, -0.05) is 62.4 Å². The fourth-order valence-electron chi connectivity index (χ4n) is 3.90. The molecule has 2 aromatic heterocycles. The summed E-state index contributed by atoms with van der Waals surface area (Å²) in [5.41, 5.74) is 4.03. The number of aromatic amines is 1. The molecular formula is C24H27FN6O. The van der Waals surface area contributed by atoms with Crippen molar-refractivity contribution in [2.75, 3.05) is 0 Å². The fraction of sp³-hybridized carbons (Fsp3) is 0.333. The van der Waals surface area contributed by atoms with Crippen LogP contribution in [0.3, 0.4) is 0 Å². The lowest BCUT2D eigenvalue weighted by Gasteiger charge is -2.11. The van der Waals surface area contributed by atoms with E-state index in [9.17, 15) is 9.18 Å². The van der Waals surface area contributed by atoms with Crippen molar-refractivity contribution in [3.63, 3.8) is 0 Å². The lowest BCUT2D eigenvalue weighted by Crippen LogP contribution is -2.25. The first-order valence-corrected chi connectivity index (χ1v) is 10.9. The molecule has 32 heavy (non-hydrogen) atoms. The van der Waals surface area contributed by atoms with Gasteiger partial charge >= 0.3 is 5.69 Å². The van der Waals surface area contributed by atoms with Crippen LogP contribution in [0.5, 0.6) is 0 Å². The van der Waals surface area contributed by atoms with Gasteiger partial charge < -0.3 is 0 Å². The highest BCUT2D eigenvalue weighted by molar-refractivity contribution is 5.80. The minimum Gasteiger partial charge on any atom is -0.289 e. The van der Waals surface area contributed by atoms with Crippen LogP contribution in [0.25, 0.3) is 22.5 Å². The van der Waals surface area contributed by atoms with Crippen molar-refractivity contribution in [3.05, 3.63) is 76.2 Å². The number of imidazole rings is 1. The SMILES string of the molecule is CCn1c(F)c(CCC(C)C)n(Cc2ccc(-c3ccccc3-c3nnn[nH]3)cc2)c1=O. The summed E-state index contributed by atoms with van der Waals surface area (Å²) < 4.78 is 17.7. The Morgan fingerprint density at radius 2 is 1.75 bits per heavy atom. The Bertz CT molecular complexity index is 1240. The molecule has 0 aliphatic carbocycles. The highest BCUT2D eigenvalue weighted by Crippen LogP contribution is 2.29. The molecule has 0 unspecified atom stereocenters. The first-order valence-electron chi connectivity index (χ1n) is 10.9. The Morgan fingerprint density at radius 3 is 2.38 bits per heavy atom. The molecular weight excluding hydrogens is 407 g/mol. The van der Waals surface area contributed by atoms with Crippen LogP contribution < -0.4 is 5.69 Å². The summed E-state index contributed by atoms with van der Waals surface area (Å²) in [6.45, 7) is 6.64. The smallest absolute Gasteiger partial charge is 0.289 e. The van der Waals surface area contributed by atoms with Crippen molar-refractivity contribution < 1.29 is 4.39 Å². The zero-order chi connectivity index (χ0) is 22.7. The van der Waals surface area contributed by atoms with E-state index in [1.54, 1.807) is 11.5 Å². The van der Waals surface area contributed by atoms with Crippen LogP contribution in [-0.2, 0) is 19.5 Å². The van der Waals surface area contributed by atoms with Gasteiger partial charge in [0.2, 0.25) is 5.95 Å². The molecule has 0 spiro atoms. The van der Waals surface area contributed by atoms with Crippen LogP contribution in [0.15, 0.2) is 53.3 Å². The lowest BCUT2D eigenvalue weighted by atomic mass is 9.98. The predicted octanol–water partition coefficient (Wildman–Crippen LogP) is 4.29. The summed E-state index contributed by atoms with van der Waals surface area (Å²) in [7, 11) is 0. The van der Waals surface area contributed by atoms with E-state index in [0.29, 0.717) is 36.9 Å². The van der Waals surface area contributed by atoms with Crippen molar-refractivity contribution in [2.24, 2.45) is 5.92 Å². The molecule has 0 saturated carbocycles. The standard InChI is InChI=1S/C24H27FN6O/c1-4-30-22(25)21(14-9-16(2)3)31(24(30)32)15-17-10-12-18(13-11-17)19-7-5-6-8-20(19)23-26-28-29-27-23/h5-8,10-13,16H,4,9,14-15H2,1-3H3,(H,26,27,28,29). The van der Waals surface area contributed by atoms with Gasteiger partial charge in [0.1, 0.15) is 0 Å². The van der Waals surface area contributed by atoms with E-state index in [2.05, 4.69) is 34.5 Å². The van der Waals surface area contributed by atoms with Gasteiger partial charge in [-0.15, -0.1) is 5.10 Å². The van der Waals surface area contributed by atoms with Gasteiger partial charge in [0.15, 0.2) is 5.82 Å². The monoisotopic (exact) mass is 434 g/mol. The number of halogens is 1. The average molecular weight is 435 g/mol. The lowest BCUT2D eigenvalue weighted by molar-refractivity contribution is 0.482.